The number of halogens is 1. The molecule has 2 aliphatic heterocycles. The number of aromatic nitrogens is 2. The largest absolute Gasteiger partial charge is 0.497 e. The third-order valence-corrected chi connectivity index (χ3v) is 5.62. The number of benzene rings is 1. The van der Waals surface area contributed by atoms with Crippen LogP contribution in [0, 0.1) is 11.7 Å². The van der Waals surface area contributed by atoms with E-state index in [0.29, 0.717) is 50.5 Å². The number of nitrogens with zero attached hydrogens (tertiary/aromatic N) is 4. The summed E-state index contributed by atoms with van der Waals surface area (Å²) in [6, 6.07) is 7.02. The van der Waals surface area contributed by atoms with Crippen molar-refractivity contribution in [3.63, 3.8) is 0 Å². The van der Waals surface area contributed by atoms with E-state index in [4.69, 9.17) is 4.74 Å². The van der Waals surface area contributed by atoms with Crippen LogP contribution in [0.1, 0.15) is 12.8 Å². The predicted molar refractivity (Wildman–Crippen MR) is 109 cm³/mol. The Labute approximate surface area is 174 Å². The maximum absolute atomic E-state index is 15.2. The number of ether oxygens (including phenoxy) is 1. The van der Waals surface area contributed by atoms with Gasteiger partial charge in [0.25, 0.3) is 0 Å². The molecule has 0 spiro atoms. The molecule has 2 aliphatic rings. The first-order valence-electron chi connectivity index (χ1n) is 10.0. The van der Waals surface area contributed by atoms with Crippen molar-refractivity contribution in [1.82, 2.24) is 20.2 Å². The number of piperidine rings is 1. The molecule has 8 nitrogen and oxygen atoms in total. The molecule has 1 aromatic heterocycles. The Morgan fingerprint density at radius 3 is 2.57 bits per heavy atom. The van der Waals surface area contributed by atoms with Gasteiger partial charge in [-0.3, -0.25) is 9.59 Å². The molecule has 9 heteroatoms. The van der Waals surface area contributed by atoms with Crippen LogP contribution in [-0.2, 0) is 9.59 Å². The van der Waals surface area contributed by atoms with Crippen LogP contribution in [0.5, 0.6) is 5.75 Å². The van der Waals surface area contributed by atoms with Crippen molar-refractivity contribution in [1.29, 1.82) is 0 Å². The van der Waals surface area contributed by atoms with Crippen LogP contribution in [0.4, 0.5) is 10.2 Å². The minimum Gasteiger partial charge on any atom is -0.497 e. The van der Waals surface area contributed by atoms with Crippen LogP contribution < -0.4 is 15.0 Å². The smallest absolute Gasteiger partial charge is 0.226 e. The van der Waals surface area contributed by atoms with E-state index in [1.807, 2.05) is 4.90 Å². The molecule has 1 aromatic carbocycles. The van der Waals surface area contributed by atoms with Crippen LogP contribution in [-0.4, -0.2) is 66.5 Å². The second-order valence-electron chi connectivity index (χ2n) is 7.44. The molecule has 30 heavy (non-hydrogen) atoms. The summed E-state index contributed by atoms with van der Waals surface area (Å²) in [6.45, 7) is 2.42. The number of carbonyl (C=O) groups is 2. The highest BCUT2D eigenvalue weighted by atomic mass is 19.1. The fourth-order valence-corrected chi connectivity index (χ4v) is 3.92. The van der Waals surface area contributed by atoms with Gasteiger partial charge in [-0.1, -0.05) is 0 Å². The molecule has 0 saturated carbocycles. The van der Waals surface area contributed by atoms with Gasteiger partial charge in [-0.25, -0.2) is 14.4 Å². The first kappa shape index (κ1) is 20.1. The SMILES string of the molecule is COc1ccc(-c2ncnc(N3CCN(C(=O)C4CCNC(=O)C4)CC3)c2F)cc1. The van der Waals surface area contributed by atoms with E-state index < -0.39 is 5.82 Å². The minimum absolute atomic E-state index is 0.00609. The third-order valence-electron chi connectivity index (χ3n) is 5.62. The topological polar surface area (TPSA) is 87.7 Å². The van der Waals surface area contributed by atoms with Gasteiger partial charge >= 0.3 is 0 Å². The van der Waals surface area contributed by atoms with Gasteiger partial charge in [-0.2, -0.15) is 0 Å². The average Bonchev–Trinajstić information content (AvgIpc) is 2.79. The molecule has 0 radical (unpaired) electrons. The van der Waals surface area contributed by atoms with Crippen molar-refractivity contribution in [2.24, 2.45) is 5.92 Å². The number of amides is 2. The number of hydrogen-bond acceptors (Lipinski definition) is 6. The summed E-state index contributed by atoms with van der Waals surface area (Å²) in [4.78, 5) is 36.2. The highest BCUT2D eigenvalue weighted by Gasteiger charge is 2.32. The molecule has 3 heterocycles. The Bertz CT molecular complexity index is 929. The zero-order valence-corrected chi connectivity index (χ0v) is 16.8. The number of piperazine rings is 1. The number of anilines is 1. The van der Waals surface area contributed by atoms with Crippen molar-refractivity contribution in [2.75, 3.05) is 44.7 Å². The Morgan fingerprint density at radius 1 is 1.17 bits per heavy atom. The number of nitrogens with one attached hydrogen (secondary N) is 1. The molecular weight excluding hydrogens is 389 g/mol. The zero-order chi connectivity index (χ0) is 21.1. The number of hydrogen-bond donors (Lipinski definition) is 1. The van der Waals surface area contributed by atoms with Crippen LogP contribution in [0.25, 0.3) is 11.3 Å². The molecule has 0 bridgehead atoms. The third kappa shape index (κ3) is 4.05. The molecule has 2 fully saturated rings. The molecule has 4 rings (SSSR count). The summed E-state index contributed by atoms with van der Waals surface area (Å²) >= 11 is 0. The lowest BCUT2D eigenvalue weighted by Gasteiger charge is -2.37. The first-order chi connectivity index (χ1) is 14.6. The molecule has 1 atom stereocenters. The van der Waals surface area contributed by atoms with Crippen molar-refractivity contribution >= 4 is 17.6 Å². The zero-order valence-electron chi connectivity index (χ0n) is 16.8. The highest BCUT2D eigenvalue weighted by Crippen LogP contribution is 2.28. The number of carbonyl (C=O) groups excluding carboxylic acids is 2. The van der Waals surface area contributed by atoms with Gasteiger partial charge in [0.05, 0.1) is 7.11 Å². The van der Waals surface area contributed by atoms with E-state index in [2.05, 4.69) is 15.3 Å². The number of rotatable bonds is 4. The van der Waals surface area contributed by atoms with Crippen molar-refractivity contribution < 1.29 is 18.7 Å². The van der Waals surface area contributed by atoms with Crippen molar-refractivity contribution in [2.45, 2.75) is 12.8 Å². The molecule has 2 amide bonds. The lowest BCUT2D eigenvalue weighted by atomic mass is 9.95. The molecule has 2 saturated heterocycles. The average molecular weight is 413 g/mol. The van der Waals surface area contributed by atoms with Crippen LogP contribution >= 0.6 is 0 Å². The Morgan fingerprint density at radius 2 is 1.90 bits per heavy atom. The minimum atomic E-state index is -0.480. The van der Waals surface area contributed by atoms with Gasteiger partial charge in [0.2, 0.25) is 11.8 Å². The number of methoxy groups -OCH3 is 1. The second-order valence-corrected chi connectivity index (χ2v) is 7.44. The van der Waals surface area contributed by atoms with Crippen molar-refractivity contribution in [3.8, 4) is 17.0 Å². The summed E-state index contributed by atoms with van der Waals surface area (Å²) < 4.78 is 20.3. The van der Waals surface area contributed by atoms with E-state index in [9.17, 15) is 9.59 Å². The Balaban J connectivity index is 1.44. The van der Waals surface area contributed by atoms with Crippen LogP contribution in [0.15, 0.2) is 30.6 Å². The van der Waals surface area contributed by atoms with E-state index in [1.54, 1.807) is 36.3 Å². The highest BCUT2D eigenvalue weighted by molar-refractivity contribution is 5.87. The first-order valence-corrected chi connectivity index (χ1v) is 10.0. The normalized spacial score (nSPS) is 19.4. The maximum atomic E-state index is 15.2. The van der Waals surface area contributed by atoms with E-state index in [-0.39, 0.29) is 35.7 Å². The van der Waals surface area contributed by atoms with Crippen LogP contribution in [0.2, 0.25) is 0 Å². The van der Waals surface area contributed by atoms with Crippen molar-refractivity contribution in [3.05, 3.63) is 36.4 Å². The summed E-state index contributed by atoms with van der Waals surface area (Å²) in [7, 11) is 1.58. The van der Waals surface area contributed by atoms with Gasteiger partial charge in [0, 0.05) is 50.6 Å². The predicted octanol–water partition coefficient (Wildman–Crippen LogP) is 1.47. The van der Waals surface area contributed by atoms with Gasteiger partial charge in [-0.15, -0.1) is 0 Å². The maximum Gasteiger partial charge on any atom is 0.226 e. The summed E-state index contributed by atoms with van der Waals surface area (Å²) in [5.74, 6) is 0.109. The fourth-order valence-electron chi connectivity index (χ4n) is 3.92. The molecule has 1 unspecified atom stereocenters. The van der Waals surface area contributed by atoms with Gasteiger partial charge in [0.1, 0.15) is 17.8 Å². The van der Waals surface area contributed by atoms with E-state index >= 15 is 4.39 Å². The Hall–Kier alpha value is -3.23. The molecule has 1 N–H and O–H groups in total. The van der Waals surface area contributed by atoms with Crippen LogP contribution in [0.3, 0.4) is 0 Å². The summed E-state index contributed by atoms with van der Waals surface area (Å²) in [5.41, 5.74) is 0.871. The summed E-state index contributed by atoms with van der Waals surface area (Å²) in [5, 5.41) is 2.75. The fraction of sp³-hybridized carbons (Fsp3) is 0.429. The lowest BCUT2D eigenvalue weighted by Crippen LogP contribution is -2.52. The molecule has 0 aliphatic carbocycles. The van der Waals surface area contributed by atoms with Gasteiger partial charge in [-0.05, 0) is 30.7 Å². The summed E-state index contributed by atoms with van der Waals surface area (Å²) in [6.07, 6.45) is 2.26. The Kier molecular flexibility index (Phi) is 5.78. The lowest BCUT2D eigenvalue weighted by molar-refractivity contribution is -0.140. The van der Waals surface area contributed by atoms with E-state index in [0.717, 1.165) is 0 Å². The molecular formula is C21H24FN5O3. The molecule has 2 aromatic rings. The molecule has 158 valence electrons. The van der Waals surface area contributed by atoms with E-state index in [1.165, 1.54) is 6.33 Å². The van der Waals surface area contributed by atoms with Gasteiger partial charge in [0.15, 0.2) is 11.6 Å². The monoisotopic (exact) mass is 413 g/mol. The second kappa shape index (κ2) is 8.64. The van der Waals surface area contributed by atoms with Gasteiger partial charge < -0.3 is 19.9 Å². The quantitative estimate of drug-likeness (QED) is 0.817. The standard InChI is InChI=1S/C21H24FN5O3/c1-30-16-4-2-14(3-5-16)19-18(22)20(25-13-24-19)26-8-10-27(11-9-26)21(29)15-6-7-23-17(28)12-15/h2-5,13,15H,6-12H2,1H3,(H,23,28).